The Morgan fingerprint density at radius 1 is 0.917 bits per heavy atom. The van der Waals surface area contributed by atoms with Gasteiger partial charge in [0.1, 0.15) is 0 Å². The first kappa shape index (κ1) is 19.3. The van der Waals surface area contributed by atoms with E-state index in [0.717, 1.165) is 12.0 Å². The highest BCUT2D eigenvalue weighted by Gasteiger charge is 2.26. The van der Waals surface area contributed by atoms with E-state index in [1.165, 1.54) is 76.8 Å². The first-order valence-electron chi connectivity index (χ1n) is 10.4. The lowest BCUT2D eigenvalue weighted by molar-refractivity contribution is 0.213. The summed E-state index contributed by atoms with van der Waals surface area (Å²) in [4.78, 5) is 5.35. The minimum absolute atomic E-state index is 0.743. The van der Waals surface area contributed by atoms with Gasteiger partial charge in [-0.05, 0) is 50.3 Å². The van der Waals surface area contributed by atoms with Crippen LogP contribution >= 0.6 is 0 Å². The number of anilines is 1. The van der Waals surface area contributed by atoms with Gasteiger partial charge >= 0.3 is 0 Å². The van der Waals surface area contributed by atoms with Crippen molar-refractivity contribution in [1.29, 1.82) is 0 Å². The maximum atomic E-state index is 2.75. The predicted octanol–water partition coefficient (Wildman–Crippen LogP) is 5.58. The van der Waals surface area contributed by atoms with Crippen LogP contribution in [-0.2, 0) is 0 Å². The monoisotopic (exact) mass is 330 g/mol. The summed E-state index contributed by atoms with van der Waals surface area (Å²) in [6, 6.07) is 11.9. The molecule has 2 nitrogen and oxygen atoms in total. The van der Waals surface area contributed by atoms with E-state index in [4.69, 9.17) is 0 Å². The standard InChI is InChI=1S/C20H32N2.C2H6/c1-2-21-15-13-20(14-16-21)22(19-11-7-4-8-12-19)17-18-9-5-3-6-10-18;1-2/h4,7-8,11-12,18,20H,2-3,5-6,9-10,13-17H2,1H3;1-2H3. The van der Waals surface area contributed by atoms with Crippen molar-refractivity contribution in [3.05, 3.63) is 30.3 Å². The molecule has 3 rings (SSSR count). The molecule has 0 unspecified atom stereocenters. The van der Waals surface area contributed by atoms with Crippen molar-refractivity contribution >= 4 is 5.69 Å². The van der Waals surface area contributed by atoms with Crippen molar-refractivity contribution < 1.29 is 0 Å². The second-order valence-corrected chi connectivity index (χ2v) is 7.16. The van der Waals surface area contributed by atoms with Crippen LogP contribution in [0, 0.1) is 5.92 Å². The zero-order chi connectivity index (χ0) is 17.2. The first-order valence-corrected chi connectivity index (χ1v) is 10.4. The predicted molar refractivity (Wildman–Crippen MR) is 107 cm³/mol. The van der Waals surface area contributed by atoms with E-state index >= 15 is 0 Å². The molecule has 0 N–H and O–H groups in total. The minimum atomic E-state index is 0.743. The van der Waals surface area contributed by atoms with E-state index in [1.54, 1.807) is 0 Å². The number of hydrogen-bond donors (Lipinski definition) is 0. The van der Waals surface area contributed by atoms with Crippen molar-refractivity contribution in [2.24, 2.45) is 5.92 Å². The molecular formula is C22H38N2. The van der Waals surface area contributed by atoms with Crippen molar-refractivity contribution in [2.45, 2.75) is 71.8 Å². The fourth-order valence-corrected chi connectivity index (χ4v) is 4.28. The molecule has 0 atom stereocenters. The van der Waals surface area contributed by atoms with Gasteiger partial charge in [0, 0.05) is 31.4 Å². The van der Waals surface area contributed by atoms with Crippen molar-refractivity contribution in [3.8, 4) is 0 Å². The fraction of sp³-hybridized carbons (Fsp3) is 0.727. The third kappa shape index (κ3) is 5.51. The number of piperidine rings is 1. The molecule has 1 aromatic rings. The Balaban J connectivity index is 0.00000100. The number of likely N-dealkylation sites (tertiary alicyclic amines) is 1. The Hall–Kier alpha value is -1.02. The molecule has 0 radical (unpaired) electrons. The minimum Gasteiger partial charge on any atom is -0.368 e. The zero-order valence-electron chi connectivity index (χ0n) is 16.2. The number of rotatable bonds is 5. The lowest BCUT2D eigenvalue weighted by Gasteiger charge is -2.41. The van der Waals surface area contributed by atoms with Crippen LogP contribution in [0.25, 0.3) is 0 Å². The summed E-state index contributed by atoms with van der Waals surface area (Å²) in [5, 5.41) is 0. The molecule has 1 aliphatic heterocycles. The van der Waals surface area contributed by atoms with Crippen LogP contribution in [0.5, 0.6) is 0 Å². The third-order valence-electron chi connectivity index (χ3n) is 5.71. The lowest BCUT2D eigenvalue weighted by Crippen LogP contribution is -2.46. The molecule has 0 bridgehead atoms. The number of para-hydroxylation sites is 1. The van der Waals surface area contributed by atoms with Crippen molar-refractivity contribution in [2.75, 3.05) is 31.1 Å². The Bertz CT molecular complexity index is 417. The highest BCUT2D eigenvalue weighted by atomic mass is 15.2. The number of nitrogens with zero attached hydrogens (tertiary/aromatic N) is 2. The summed E-state index contributed by atoms with van der Waals surface area (Å²) in [6.45, 7) is 11.3. The van der Waals surface area contributed by atoms with Gasteiger partial charge in [-0.15, -0.1) is 0 Å². The van der Waals surface area contributed by atoms with Crippen molar-refractivity contribution in [3.63, 3.8) is 0 Å². The molecule has 2 fully saturated rings. The van der Waals surface area contributed by atoms with Crippen LogP contribution in [0.1, 0.15) is 65.7 Å². The maximum absolute atomic E-state index is 2.75. The first-order chi connectivity index (χ1) is 11.9. The van der Waals surface area contributed by atoms with Gasteiger partial charge in [0.15, 0.2) is 0 Å². The van der Waals surface area contributed by atoms with Crippen LogP contribution in [0.4, 0.5) is 5.69 Å². The van der Waals surface area contributed by atoms with Gasteiger partial charge in [-0.1, -0.05) is 58.2 Å². The van der Waals surface area contributed by atoms with Gasteiger partial charge in [0.2, 0.25) is 0 Å². The summed E-state index contributed by atoms with van der Waals surface area (Å²) >= 11 is 0. The second-order valence-electron chi connectivity index (χ2n) is 7.16. The lowest BCUT2D eigenvalue weighted by atomic mass is 9.88. The van der Waals surface area contributed by atoms with E-state index in [2.05, 4.69) is 47.1 Å². The Morgan fingerprint density at radius 2 is 1.54 bits per heavy atom. The quantitative estimate of drug-likeness (QED) is 0.695. The molecule has 1 heterocycles. The largest absolute Gasteiger partial charge is 0.368 e. The topological polar surface area (TPSA) is 6.48 Å². The van der Waals surface area contributed by atoms with Gasteiger partial charge < -0.3 is 9.80 Å². The molecule has 136 valence electrons. The number of benzene rings is 1. The molecule has 0 spiro atoms. The van der Waals surface area contributed by atoms with Gasteiger partial charge in [0.05, 0.1) is 0 Å². The van der Waals surface area contributed by atoms with Crippen LogP contribution in [0.2, 0.25) is 0 Å². The molecule has 0 aromatic heterocycles. The van der Waals surface area contributed by atoms with Gasteiger partial charge in [0.25, 0.3) is 0 Å². The molecule has 1 aromatic carbocycles. The summed E-state index contributed by atoms with van der Waals surface area (Å²) in [5.74, 6) is 0.915. The van der Waals surface area contributed by atoms with Gasteiger partial charge in [-0.25, -0.2) is 0 Å². The molecule has 1 saturated heterocycles. The third-order valence-corrected chi connectivity index (χ3v) is 5.71. The van der Waals surface area contributed by atoms with Crippen molar-refractivity contribution in [1.82, 2.24) is 4.90 Å². The van der Waals surface area contributed by atoms with Crippen LogP contribution in [0.3, 0.4) is 0 Å². The zero-order valence-corrected chi connectivity index (χ0v) is 16.2. The Morgan fingerprint density at radius 3 is 2.12 bits per heavy atom. The molecule has 24 heavy (non-hydrogen) atoms. The summed E-state index contributed by atoms with van der Waals surface area (Å²) in [7, 11) is 0. The molecule has 2 aliphatic rings. The SMILES string of the molecule is CC.CCN1CCC(N(CC2CCCCC2)c2ccccc2)CC1. The average Bonchev–Trinajstić information content (AvgIpc) is 2.69. The van der Waals surface area contributed by atoms with E-state index in [9.17, 15) is 0 Å². The normalized spacial score (nSPS) is 20.3. The second kappa shape index (κ2) is 10.8. The molecule has 1 saturated carbocycles. The van der Waals surface area contributed by atoms with Crippen LogP contribution in [-0.4, -0.2) is 37.1 Å². The molecular weight excluding hydrogens is 292 g/mol. The molecule has 2 heteroatoms. The van der Waals surface area contributed by atoms with E-state index < -0.39 is 0 Å². The summed E-state index contributed by atoms with van der Waals surface area (Å²) in [6.07, 6.45) is 9.89. The van der Waals surface area contributed by atoms with E-state index in [-0.39, 0.29) is 0 Å². The van der Waals surface area contributed by atoms with E-state index in [0.29, 0.717) is 0 Å². The Kier molecular flexibility index (Phi) is 8.66. The maximum Gasteiger partial charge on any atom is 0.0368 e. The van der Waals surface area contributed by atoms with E-state index in [1.807, 2.05) is 13.8 Å². The fourth-order valence-electron chi connectivity index (χ4n) is 4.28. The van der Waals surface area contributed by atoms with Gasteiger partial charge in [-0.2, -0.15) is 0 Å². The van der Waals surface area contributed by atoms with Crippen LogP contribution < -0.4 is 4.90 Å². The van der Waals surface area contributed by atoms with Crippen LogP contribution in [0.15, 0.2) is 30.3 Å². The highest BCUT2D eigenvalue weighted by molar-refractivity contribution is 5.47. The smallest absolute Gasteiger partial charge is 0.0368 e. The summed E-state index contributed by atoms with van der Waals surface area (Å²) < 4.78 is 0. The summed E-state index contributed by atoms with van der Waals surface area (Å²) in [5.41, 5.74) is 1.45. The average molecular weight is 331 g/mol. The van der Waals surface area contributed by atoms with Gasteiger partial charge in [-0.3, -0.25) is 0 Å². The number of hydrogen-bond acceptors (Lipinski definition) is 2. The molecule has 1 aliphatic carbocycles. The Labute approximate surface area is 150 Å². The highest BCUT2D eigenvalue weighted by Crippen LogP contribution is 2.30. The molecule has 0 amide bonds.